The average Bonchev–Trinajstić information content (AvgIpc) is 2.32. The lowest BCUT2D eigenvalue weighted by molar-refractivity contribution is -0.139. The standard InChI is InChI=1S/C8H11ClN2O2/c1-5-6(4-7(12)13-3)8(9)11(2)10-5/h4H2,1-3H3. The molecule has 0 saturated carbocycles. The summed E-state index contributed by atoms with van der Waals surface area (Å²) in [5, 5.41) is 4.56. The molecule has 0 radical (unpaired) electrons. The van der Waals surface area contributed by atoms with Crippen molar-refractivity contribution in [3.63, 3.8) is 0 Å². The number of halogens is 1. The molecule has 0 aliphatic rings. The van der Waals surface area contributed by atoms with E-state index >= 15 is 0 Å². The Labute approximate surface area is 81.4 Å². The second-order valence-electron chi connectivity index (χ2n) is 2.73. The topological polar surface area (TPSA) is 44.1 Å². The van der Waals surface area contributed by atoms with Gasteiger partial charge in [-0.25, -0.2) is 0 Å². The molecule has 0 aromatic carbocycles. The Kier molecular flexibility index (Phi) is 2.93. The molecule has 1 aromatic heterocycles. The quantitative estimate of drug-likeness (QED) is 0.675. The molecule has 0 unspecified atom stereocenters. The molecule has 13 heavy (non-hydrogen) atoms. The number of rotatable bonds is 2. The number of carbonyl (C=O) groups excluding carboxylic acids is 1. The van der Waals surface area contributed by atoms with Crippen molar-refractivity contribution in [2.24, 2.45) is 7.05 Å². The second-order valence-corrected chi connectivity index (χ2v) is 3.09. The summed E-state index contributed by atoms with van der Waals surface area (Å²) in [5.74, 6) is -0.307. The third-order valence-corrected chi connectivity index (χ3v) is 2.29. The van der Waals surface area contributed by atoms with E-state index in [1.807, 2.05) is 6.92 Å². The van der Waals surface area contributed by atoms with E-state index < -0.39 is 0 Å². The van der Waals surface area contributed by atoms with E-state index in [4.69, 9.17) is 11.6 Å². The fraction of sp³-hybridized carbons (Fsp3) is 0.500. The summed E-state index contributed by atoms with van der Waals surface area (Å²) in [4.78, 5) is 11.0. The van der Waals surface area contributed by atoms with E-state index in [0.717, 1.165) is 11.3 Å². The molecule has 1 heterocycles. The van der Waals surface area contributed by atoms with Crippen LogP contribution in [0.15, 0.2) is 0 Å². The number of nitrogens with zero attached hydrogens (tertiary/aromatic N) is 2. The third-order valence-electron chi connectivity index (χ3n) is 1.82. The van der Waals surface area contributed by atoms with Crippen LogP contribution in [-0.4, -0.2) is 22.9 Å². The molecule has 1 rings (SSSR count). The van der Waals surface area contributed by atoms with Gasteiger partial charge >= 0.3 is 5.97 Å². The number of esters is 1. The fourth-order valence-corrected chi connectivity index (χ4v) is 1.33. The van der Waals surface area contributed by atoms with Gasteiger partial charge in [-0.3, -0.25) is 9.48 Å². The number of aryl methyl sites for hydroxylation is 2. The van der Waals surface area contributed by atoms with Crippen LogP contribution in [0.2, 0.25) is 5.15 Å². The first-order valence-corrected chi connectivity index (χ1v) is 4.18. The van der Waals surface area contributed by atoms with Crippen molar-refractivity contribution < 1.29 is 9.53 Å². The fourth-order valence-electron chi connectivity index (χ4n) is 1.09. The highest BCUT2D eigenvalue weighted by atomic mass is 35.5. The van der Waals surface area contributed by atoms with Gasteiger partial charge in [-0.2, -0.15) is 5.10 Å². The van der Waals surface area contributed by atoms with Gasteiger partial charge in [0.25, 0.3) is 0 Å². The van der Waals surface area contributed by atoms with Crippen LogP contribution < -0.4 is 0 Å². The molecule has 5 heteroatoms. The van der Waals surface area contributed by atoms with Crippen molar-refractivity contribution in [1.29, 1.82) is 0 Å². The molecule has 0 spiro atoms. The Hall–Kier alpha value is -1.03. The zero-order valence-electron chi connectivity index (χ0n) is 7.80. The van der Waals surface area contributed by atoms with E-state index in [-0.39, 0.29) is 12.4 Å². The van der Waals surface area contributed by atoms with Gasteiger partial charge in [-0.15, -0.1) is 0 Å². The van der Waals surface area contributed by atoms with Crippen molar-refractivity contribution in [3.05, 3.63) is 16.4 Å². The zero-order chi connectivity index (χ0) is 10.0. The summed E-state index contributed by atoms with van der Waals surface area (Å²) in [7, 11) is 3.08. The summed E-state index contributed by atoms with van der Waals surface area (Å²) < 4.78 is 6.08. The van der Waals surface area contributed by atoms with E-state index in [9.17, 15) is 4.79 Å². The summed E-state index contributed by atoms with van der Waals surface area (Å²) in [6, 6.07) is 0. The Morgan fingerprint density at radius 2 is 2.31 bits per heavy atom. The molecule has 1 aromatic rings. The molecule has 0 bridgehead atoms. The van der Waals surface area contributed by atoms with Crippen LogP contribution in [0.5, 0.6) is 0 Å². The Bertz CT molecular complexity index is 333. The molecular weight excluding hydrogens is 192 g/mol. The van der Waals surface area contributed by atoms with Gasteiger partial charge in [0.15, 0.2) is 0 Å². The van der Waals surface area contributed by atoms with Crippen molar-refractivity contribution in [2.45, 2.75) is 13.3 Å². The van der Waals surface area contributed by atoms with Crippen LogP contribution in [-0.2, 0) is 23.0 Å². The molecule has 0 saturated heterocycles. The number of methoxy groups -OCH3 is 1. The minimum absolute atomic E-state index is 0.176. The lowest BCUT2D eigenvalue weighted by atomic mass is 10.2. The van der Waals surface area contributed by atoms with Gasteiger partial charge in [0.2, 0.25) is 0 Å². The van der Waals surface area contributed by atoms with E-state index in [1.165, 1.54) is 11.8 Å². The van der Waals surface area contributed by atoms with Crippen molar-refractivity contribution in [3.8, 4) is 0 Å². The van der Waals surface area contributed by atoms with Crippen LogP contribution in [0.1, 0.15) is 11.3 Å². The number of carbonyl (C=O) groups is 1. The Morgan fingerprint density at radius 1 is 1.69 bits per heavy atom. The average molecular weight is 203 g/mol. The van der Waals surface area contributed by atoms with Crippen molar-refractivity contribution >= 4 is 17.6 Å². The van der Waals surface area contributed by atoms with Crippen LogP contribution in [0.3, 0.4) is 0 Å². The van der Waals surface area contributed by atoms with Gasteiger partial charge in [0.1, 0.15) is 5.15 Å². The minimum Gasteiger partial charge on any atom is -0.469 e. The van der Waals surface area contributed by atoms with E-state index in [1.54, 1.807) is 7.05 Å². The first-order chi connectivity index (χ1) is 6.06. The van der Waals surface area contributed by atoms with Gasteiger partial charge in [0, 0.05) is 12.6 Å². The monoisotopic (exact) mass is 202 g/mol. The summed E-state index contributed by atoms with van der Waals surface area (Å²) in [6.07, 6.45) is 0.176. The predicted molar refractivity (Wildman–Crippen MR) is 48.7 cm³/mol. The maximum absolute atomic E-state index is 11.0. The molecule has 0 N–H and O–H groups in total. The number of hydrogen-bond donors (Lipinski definition) is 0. The summed E-state index contributed by atoms with van der Waals surface area (Å²) >= 11 is 5.91. The lowest BCUT2D eigenvalue weighted by Gasteiger charge is -1.98. The summed E-state index contributed by atoms with van der Waals surface area (Å²) in [6.45, 7) is 1.81. The molecule has 72 valence electrons. The van der Waals surface area contributed by atoms with Gasteiger partial charge < -0.3 is 4.74 Å². The highest BCUT2D eigenvalue weighted by molar-refractivity contribution is 6.30. The molecule has 0 atom stereocenters. The number of ether oxygens (including phenoxy) is 1. The van der Waals surface area contributed by atoms with Crippen LogP contribution >= 0.6 is 11.6 Å². The predicted octanol–water partition coefficient (Wildman–Crippen LogP) is 1.10. The summed E-state index contributed by atoms with van der Waals surface area (Å²) in [5.41, 5.74) is 1.49. The number of hydrogen-bond acceptors (Lipinski definition) is 3. The Balaban J connectivity index is 2.94. The van der Waals surface area contributed by atoms with Crippen LogP contribution in [0.4, 0.5) is 0 Å². The van der Waals surface area contributed by atoms with E-state index in [2.05, 4.69) is 9.84 Å². The van der Waals surface area contributed by atoms with Gasteiger partial charge in [-0.05, 0) is 6.92 Å². The van der Waals surface area contributed by atoms with E-state index in [0.29, 0.717) is 5.15 Å². The highest BCUT2D eigenvalue weighted by Gasteiger charge is 2.14. The minimum atomic E-state index is -0.307. The maximum atomic E-state index is 11.0. The van der Waals surface area contributed by atoms with Crippen molar-refractivity contribution in [2.75, 3.05) is 7.11 Å². The second kappa shape index (κ2) is 3.79. The normalized spacial score (nSPS) is 10.2. The Morgan fingerprint density at radius 3 is 2.69 bits per heavy atom. The largest absolute Gasteiger partial charge is 0.469 e. The molecule has 0 amide bonds. The highest BCUT2D eigenvalue weighted by Crippen LogP contribution is 2.19. The third kappa shape index (κ3) is 2.01. The number of aromatic nitrogens is 2. The molecule has 0 aliphatic carbocycles. The molecule has 4 nitrogen and oxygen atoms in total. The maximum Gasteiger partial charge on any atom is 0.310 e. The lowest BCUT2D eigenvalue weighted by Crippen LogP contribution is -2.05. The zero-order valence-corrected chi connectivity index (χ0v) is 8.55. The van der Waals surface area contributed by atoms with Crippen LogP contribution in [0.25, 0.3) is 0 Å². The molecular formula is C8H11ClN2O2. The van der Waals surface area contributed by atoms with Gasteiger partial charge in [-0.1, -0.05) is 11.6 Å². The SMILES string of the molecule is COC(=O)Cc1c(C)nn(C)c1Cl. The van der Waals surface area contributed by atoms with Crippen LogP contribution in [0, 0.1) is 6.92 Å². The smallest absolute Gasteiger partial charge is 0.310 e. The van der Waals surface area contributed by atoms with Crippen molar-refractivity contribution in [1.82, 2.24) is 9.78 Å². The molecule has 0 fully saturated rings. The van der Waals surface area contributed by atoms with Gasteiger partial charge in [0.05, 0.1) is 19.2 Å². The first-order valence-electron chi connectivity index (χ1n) is 3.81. The molecule has 0 aliphatic heterocycles. The first kappa shape index (κ1) is 10.1.